The second-order valence-corrected chi connectivity index (χ2v) is 5.62. The number of ether oxygens (including phenoxy) is 2. The summed E-state index contributed by atoms with van der Waals surface area (Å²) < 4.78 is 12.6. The number of carbonyl (C=O) groups is 1. The molecule has 4 rings (SSSR count). The van der Waals surface area contributed by atoms with E-state index in [-0.39, 0.29) is 6.79 Å². The molecule has 0 bridgehead atoms. The Hall–Kier alpha value is -3.02. The minimum Gasteiger partial charge on any atom is -0.480 e. The van der Waals surface area contributed by atoms with E-state index >= 15 is 0 Å². The zero-order valence-corrected chi connectivity index (χ0v) is 13.1. The number of para-hydroxylation sites is 2. The lowest BCUT2D eigenvalue weighted by molar-refractivity contribution is -0.140. The number of aromatic nitrogens is 2. The predicted molar refractivity (Wildman–Crippen MR) is 88.3 cm³/mol. The molecule has 6 heteroatoms. The largest absolute Gasteiger partial charge is 0.480 e. The van der Waals surface area contributed by atoms with Gasteiger partial charge in [-0.15, -0.1) is 0 Å². The fraction of sp³-hybridized carbons (Fsp3) is 0.222. The van der Waals surface area contributed by atoms with Crippen molar-refractivity contribution in [2.24, 2.45) is 0 Å². The minimum absolute atomic E-state index is 0.196. The maximum Gasteiger partial charge on any atom is 0.326 e. The first-order valence-corrected chi connectivity index (χ1v) is 7.79. The smallest absolute Gasteiger partial charge is 0.326 e. The molecule has 1 atom stereocenters. The van der Waals surface area contributed by atoms with Crippen molar-refractivity contribution in [1.82, 2.24) is 9.55 Å². The highest BCUT2D eigenvalue weighted by Crippen LogP contribution is 2.37. The van der Waals surface area contributed by atoms with Crippen LogP contribution in [0.25, 0.3) is 22.4 Å². The standard InChI is InChI=1S/C18H16N2O4/c1-2-13(18(21)22)20-14-6-4-3-5-12(14)19-17(20)11-7-8-15-16(9-11)24-10-23-15/h3-9,13H,2,10H2,1H3,(H,21,22). The number of imidazole rings is 1. The fourth-order valence-electron chi connectivity index (χ4n) is 3.07. The van der Waals surface area contributed by atoms with Gasteiger partial charge in [-0.3, -0.25) is 0 Å². The zero-order chi connectivity index (χ0) is 16.7. The molecule has 0 fully saturated rings. The quantitative estimate of drug-likeness (QED) is 0.795. The molecule has 1 N–H and O–H groups in total. The molecule has 1 aliphatic rings. The summed E-state index contributed by atoms with van der Waals surface area (Å²) in [6, 6.07) is 12.4. The van der Waals surface area contributed by atoms with Crippen LogP contribution < -0.4 is 9.47 Å². The fourth-order valence-corrected chi connectivity index (χ4v) is 3.07. The molecule has 0 aliphatic carbocycles. The number of rotatable bonds is 4. The summed E-state index contributed by atoms with van der Waals surface area (Å²) in [5.41, 5.74) is 2.37. The maximum absolute atomic E-state index is 11.8. The van der Waals surface area contributed by atoms with Crippen LogP contribution >= 0.6 is 0 Å². The molecule has 1 aromatic heterocycles. The number of carboxylic acids is 1. The molecule has 1 aliphatic heterocycles. The van der Waals surface area contributed by atoms with Crippen molar-refractivity contribution in [2.45, 2.75) is 19.4 Å². The van der Waals surface area contributed by atoms with Gasteiger partial charge >= 0.3 is 5.97 Å². The van der Waals surface area contributed by atoms with E-state index in [1.807, 2.05) is 49.4 Å². The highest BCUT2D eigenvalue weighted by Gasteiger charge is 2.25. The second kappa shape index (κ2) is 5.56. The normalized spacial score (nSPS) is 14.0. The highest BCUT2D eigenvalue weighted by atomic mass is 16.7. The third-order valence-corrected chi connectivity index (χ3v) is 4.21. The van der Waals surface area contributed by atoms with E-state index in [0.717, 1.165) is 16.6 Å². The van der Waals surface area contributed by atoms with Crippen LogP contribution in [0, 0.1) is 0 Å². The predicted octanol–water partition coefficient (Wildman–Crippen LogP) is 3.47. The third kappa shape index (κ3) is 2.19. The zero-order valence-electron chi connectivity index (χ0n) is 13.1. The molecule has 122 valence electrons. The Morgan fingerprint density at radius 2 is 2.04 bits per heavy atom. The van der Waals surface area contributed by atoms with E-state index in [0.29, 0.717) is 23.7 Å². The number of carboxylic acid groups (broad SMARTS) is 1. The van der Waals surface area contributed by atoms with Crippen molar-refractivity contribution in [3.8, 4) is 22.9 Å². The Morgan fingerprint density at radius 1 is 1.25 bits per heavy atom. The summed E-state index contributed by atoms with van der Waals surface area (Å²) in [5.74, 6) is 1.08. The molecule has 2 aromatic carbocycles. The molecular weight excluding hydrogens is 308 g/mol. The monoisotopic (exact) mass is 324 g/mol. The first kappa shape index (κ1) is 14.6. The van der Waals surface area contributed by atoms with Crippen molar-refractivity contribution >= 4 is 17.0 Å². The Bertz CT molecular complexity index is 932. The molecule has 0 saturated heterocycles. The first-order chi connectivity index (χ1) is 11.7. The molecule has 0 spiro atoms. The van der Waals surface area contributed by atoms with Gasteiger partial charge in [0.2, 0.25) is 6.79 Å². The lowest BCUT2D eigenvalue weighted by atomic mass is 10.1. The number of nitrogens with zero attached hydrogens (tertiary/aromatic N) is 2. The number of hydrogen-bond acceptors (Lipinski definition) is 4. The van der Waals surface area contributed by atoms with Gasteiger partial charge in [-0.2, -0.15) is 0 Å². The number of aliphatic carboxylic acids is 1. The van der Waals surface area contributed by atoms with Gasteiger partial charge in [0.15, 0.2) is 11.5 Å². The topological polar surface area (TPSA) is 73.6 Å². The van der Waals surface area contributed by atoms with Crippen molar-refractivity contribution in [2.75, 3.05) is 6.79 Å². The van der Waals surface area contributed by atoms with Crippen molar-refractivity contribution in [1.29, 1.82) is 0 Å². The van der Waals surface area contributed by atoms with Crippen LogP contribution in [0.4, 0.5) is 0 Å². The minimum atomic E-state index is -0.873. The summed E-state index contributed by atoms with van der Waals surface area (Å²) in [7, 11) is 0. The summed E-state index contributed by atoms with van der Waals surface area (Å²) in [6.07, 6.45) is 0.466. The van der Waals surface area contributed by atoms with E-state index in [4.69, 9.17) is 9.47 Å². The lowest BCUT2D eigenvalue weighted by Gasteiger charge is -2.16. The van der Waals surface area contributed by atoms with Gasteiger partial charge in [0, 0.05) is 5.56 Å². The van der Waals surface area contributed by atoms with E-state index in [1.165, 1.54) is 0 Å². The molecule has 0 amide bonds. The second-order valence-electron chi connectivity index (χ2n) is 5.62. The van der Waals surface area contributed by atoms with E-state index in [1.54, 1.807) is 4.57 Å². The Morgan fingerprint density at radius 3 is 2.83 bits per heavy atom. The molecule has 3 aromatic rings. The number of fused-ring (bicyclic) bond motifs is 2. The van der Waals surface area contributed by atoms with Crippen LogP contribution in [-0.2, 0) is 4.79 Å². The van der Waals surface area contributed by atoms with Gasteiger partial charge in [0.1, 0.15) is 11.9 Å². The van der Waals surface area contributed by atoms with E-state index in [2.05, 4.69) is 4.98 Å². The van der Waals surface area contributed by atoms with Crippen LogP contribution in [0.3, 0.4) is 0 Å². The Kier molecular flexibility index (Phi) is 3.37. The summed E-state index contributed by atoms with van der Waals surface area (Å²) in [5, 5.41) is 9.64. The summed E-state index contributed by atoms with van der Waals surface area (Å²) in [6.45, 7) is 2.05. The molecule has 1 unspecified atom stereocenters. The van der Waals surface area contributed by atoms with Gasteiger partial charge in [0.05, 0.1) is 11.0 Å². The number of benzene rings is 2. The van der Waals surface area contributed by atoms with Gasteiger partial charge in [-0.05, 0) is 36.8 Å². The van der Waals surface area contributed by atoms with E-state index in [9.17, 15) is 9.90 Å². The molecule has 6 nitrogen and oxygen atoms in total. The van der Waals surface area contributed by atoms with Crippen LogP contribution in [0.15, 0.2) is 42.5 Å². The molecule has 2 heterocycles. The van der Waals surface area contributed by atoms with Crippen LogP contribution in [0.1, 0.15) is 19.4 Å². The Balaban J connectivity index is 1.96. The Labute approximate surface area is 138 Å². The average Bonchev–Trinajstić information content (AvgIpc) is 3.19. The molecule has 0 saturated carbocycles. The van der Waals surface area contributed by atoms with Crippen molar-refractivity contribution < 1.29 is 19.4 Å². The van der Waals surface area contributed by atoms with Crippen LogP contribution in [-0.4, -0.2) is 27.4 Å². The summed E-state index contributed by atoms with van der Waals surface area (Å²) in [4.78, 5) is 16.4. The average molecular weight is 324 g/mol. The van der Waals surface area contributed by atoms with Gasteiger partial charge in [-0.25, -0.2) is 9.78 Å². The van der Waals surface area contributed by atoms with Gasteiger partial charge < -0.3 is 19.1 Å². The maximum atomic E-state index is 11.8. The molecule has 0 radical (unpaired) electrons. The highest BCUT2D eigenvalue weighted by molar-refractivity contribution is 5.84. The van der Waals surface area contributed by atoms with Gasteiger partial charge in [-0.1, -0.05) is 19.1 Å². The van der Waals surface area contributed by atoms with Crippen LogP contribution in [0.5, 0.6) is 11.5 Å². The SMILES string of the molecule is CCC(C(=O)O)n1c(-c2ccc3c(c2)OCO3)nc2ccccc21. The van der Waals surface area contributed by atoms with Crippen molar-refractivity contribution in [3.63, 3.8) is 0 Å². The summed E-state index contributed by atoms with van der Waals surface area (Å²) >= 11 is 0. The van der Waals surface area contributed by atoms with Crippen molar-refractivity contribution in [3.05, 3.63) is 42.5 Å². The molecular formula is C18H16N2O4. The number of hydrogen-bond donors (Lipinski definition) is 1. The lowest BCUT2D eigenvalue weighted by Crippen LogP contribution is -2.19. The van der Waals surface area contributed by atoms with Crippen LogP contribution in [0.2, 0.25) is 0 Å². The van der Waals surface area contributed by atoms with Gasteiger partial charge in [0.25, 0.3) is 0 Å². The van der Waals surface area contributed by atoms with E-state index < -0.39 is 12.0 Å². The first-order valence-electron chi connectivity index (χ1n) is 7.79. The molecule has 24 heavy (non-hydrogen) atoms. The third-order valence-electron chi connectivity index (χ3n) is 4.21.